The highest BCUT2D eigenvalue weighted by Crippen LogP contribution is 2.42. The van der Waals surface area contributed by atoms with Gasteiger partial charge in [0, 0.05) is 12.1 Å². The van der Waals surface area contributed by atoms with E-state index in [2.05, 4.69) is 62.9 Å². The van der Waals surface area contributed by atoms with Crippen molar-refractivity contribution in [2.45, 2.75) is 52.6 Å². The summed E-state index contributed by atoms with van der Waals surface area (Å²) in [6, 6.07) is 12.2. The van der Waals surface area contributed by atoms with E-state index in [9.17, 15) is 0 Å². The highest BCUT2D eigenvalue weighted by Gasteiger charge is 2.34. The third-order valence-corrected chi connectivity index (χ3v) is 4.04. The van der Waals surface area contributed by atoms with Crippen LogP contribution in [-0.2, 0) is 0 Å². The maximum absolute atomic E-state index is 2.65. The molecule has 1 heteroatoms. The van der Waals surface area contributed by atoms with E-state index in [0.29, 0.717) is 17.5 Å². The van der Waals surface area contributed by atoms with Gasteiger partial charge in [0.25, 0.3) is 0 Å². The molecule has 94 valence electrons. The fourth-order valence-corrected chi connectivity index (χ4v) is 2.93. The first-order valence-corrected chi connectivity index (χ1v) is 6.80. The molecule has 0 N–H and O–H groups in total. The van der Waals surface area contributed by atoms with E-state index in [-0.39, 0.29) is 0 Å². The highest BCUT2D eigenvalue weighted by atomic mass is 15.2. The van der Waals surface area contributed by atoms with Crippen molar-refractivity contribution in [3.63, 3.8) is 0 Å². The summed E-state index contributed by atoms with van der Waals surface area (Å²) in [4.78, 5) is 2.65. The van der Waals surface area contributed by atoms with Crippen molar-refractivity contribution in [2.24, 2.45) is 5.41 Å². The summed E-state index contributed by atoms with van der Waals surface area (Å²) in [7, 11) is 0. The number of hydrogen-bond acceptors (Lipinski definition) is 1. The number of likely N-dealkylation sites (tertiary alicyclic amines) is 1. The van der Waals surface area contributed by atoms with E-state index in [0.717, 1.165) is 0 Å². The van der Waals surface area contributed by atoms with E-state index >= 15 is 0 Å². The van der Waals surface area contributed by atoms with Crippen LogP contribution in [0.5, 0.6) is 0 Å². The number of rotatable bonds is 2. The second-order valence-electron chi connectivity index (χ2n) is 6.38. The van der Waals surface area contributed by atoms with Crippen LogP contribution < -0.4 is 0 Å². The van der Waals surface area contributed by atoms with Gasteiger partial charge in [0.15, 0.2) is 0 Å². The molecule has 1 fully saturated rings. The van der Waals surface area contributed by atoms with Gasteiger partial charge in [-0.15, -0.1) is 0 Å². The molecule has 1 nitrogen and oxygen atoms in total. The molecule has 0 radical (unpaired) electrons. The van der Waals surface area contributed by atoms with Crippen molar-refractivity contribution in [3.8, 4) is 0 Å². The fourth-order valence-electron chi connectivity index (χ4n) is 2.93. The van der Waals surface area contributed by atoms with Crippen molar-refractivity contribution in [1.82, 2.24) is 4.90 Å². The predicted octanol–water partition coefficient (Wildman–Crippen LogP) is 4.26. The molecule has 1 saturated heterocycles. The molecule has 1 aliphatic rings. The Labute approximate surface area is 106 Å². The lowest BCUT2D eigenvalue weighted by Gasteiger charge is -2.45. The summed E-state index contributed by atoms with van der Waals surface area (Å²) in [6.45, 7) is 10.7. The molecular formula is C16H25N. The summed E-state index contributed by atoms with van der Waals surface area (Å²) in [5.41, 5.74) is 1.96. The van der Waals surface area contributed by atoms with Gasteiger partial charge in [-0.3, -0.25) is 4.90 Å². The number of hydrogen-bond donors (Lipinski definition) is 0. The van der Waals surface area contributed by atoms with Crippen LogP contribution in [0, 0.1) is 5.41 Å². The van der Waals surface area contributed by atoms with Gasteiger partial charge in [0.2, 0.25) is 0 Å². The van der Waals surface area contributed by atoms with E-state index in [1.807, 2.05) is 0 Å². The van der Waals surface area contributed by atoms with E-state index in [1.54, 1.807) is 0 Å². The second kappa shape index (κ2) is 4.81. The molecule has 2 rings (SSSR count). The van der Waals surface area contributed by atoms with Crippen LogP contribution >= 0.6 is 0 Å². The minimum absolute atomic E-state index is 0.478. The normalized spacial score (nSPS) is 25.1. The Balaban J connectivity index is 2.26. The average Bonchev–Trinajstić information content (AvgIpc) is 2.28. The van der Waals surface area contributed by atoms with E-state index in [4.69, 9.17) is 0 Å². The Kier molecular flexibility index (Phi) is 3.58. The lowest BCUT2D eigenvalue weighted by Crippen LogP contribution is -2.43. The van der Waals surface area contributed by atoms with Gasteiger partial charge in [-0.2, -0.15) is 0 Å². The third kappa shape index (κ3) is 2.90. The van der Waals surface area contributed by atoms with Gasteiger partial charge in [0.05, 0.1) is 0 Å². The van der Waals surface area contributed by atoms with Crippen molar-refractivity contribution >= 4 is 0 Å². The van der Waals surface area contributed by atoms with Gasteiger partial charge in [-0.1, -0.05) is 44.2 Å². The maximum atomic E-state index is 2.65. The molecule has 0 amide bonds. The Morgan fingerprint density at radius 2 is 1.82 bits per heavy atom. The molecular weight excluding hydrogens is 206 g/mol. The standard InChI is InChI=1S/C16H25N/c1-13(2)17-11-10-16(3,4)12-15(17)14-8-6-5-7-9-14/h5-9,13,15H,10-12H2,1-4H3/t15-/m0/s1. The molecule has 1 heterocycles. The van der Waals surface area contributed by atoms with Crippen molar-refractivity contribution in [3.05, 3.63) is 35.9 Å². The Bertz CT molecular complexity index is 353. The molecule has 17 heavy (non-hydrogen) atoms. The summed E-state index contributed by atoms with van der Waals surface area (Å²) >= 11 is 0. The molecule has 0 unspecified atom stereocenters. The highest BCUT2D eigenvalue weighted by molar-refractivity contribution is 5.20. The third-order valence-electron chi connectivity index (χ3n) is 4.04. The van der Waals surface area contributed by atoms with Crippen molar-refractivity contribution < 1.29 is 0 Å². The van der Waals surface area contributed by atoms with E-state index < -0.39 is 0 Å². The van der Waals surface area contributed by atoms with Gasteiger partial charge >= 0.3 is 0 Å². The Hall–Kier alpha value is -0.820. The van der Waals surface area contributed by atoms with Crippen LogP contribution in [0.15, 0.2) is 30.3 Å². The Morgan fingerprint density at radius 3 is 2.41 bits per heavy atom. The predicted molar refractivity (Wildman–Crippen MR) is 74.0 cm³/mol. The molecule has 1 aliphatic heterocycles. The molecule has 0 bridgehead atoms. The lowest BCUT2D eigenvalue weighted by atomic mass is 9.76. The fraction of sp³-hybridized carbons (Fsp3) is 0.625. The summed E-state index contributed by atoms with van der Waals surface area (Å²) in [5.74, 6) is 0. The first kappa shape index (κ1) is 12.6. The Morgan fingerprint density at radius 1 is 1.18 bits per heavy atom. The summed E-state index contributed by atoms with van der Waals surface area (Å²) in [5, 5.41) is 0. The second-order valence-corrected chi connectivity index (χ2v) is 6.38. The van der Waals surface area contributed by atoms with Crippen molar-refractivity contribution in [1.29, 1.82) is 0 Å². The van der Waals surface area contributed by atoms with Crippen LogP contribution in [0.2, 0.25) is 0 Å². The van der Waals surface area contributed by atoms with Crippen LogP contribution in [0.1, 0.15) is 52.1 Å². The summed E-state index contributed by atoms with van der Waals surface area (Å²) < 4.78 is 0. The smallest absolute Gasteiger partial charge is 0.0355 e. The zero-order chi connectivity index (χ0) is 12.5. The molecule has 0 aliphatic carbocycles. The first-order chi connectivity index (χ1) is 7.99. The minimum atomic E-state index is 0.478. The van der Waals surface area contributed by atoms with Crippen LogP contribution in [0.25, 0.3) is 0 Å². The quantitative estimate of drug-likeness (QED) is 0.735. The molecule has 0 aromatic heterocycles. The van der Waals surface area contributed by atoms with Crippen molar-refractivity contribution in [2.75, 3.05) is 6.54 Å². The molecule has 1 atom stereocenters. The van der Waals surface area contributed by atoms with Gasteiger partial charge in [-0.25, -0.2) is 0 Å². The number of benzene rings is 1. The number of nitrogens with zero attached hydrogens (tertiary/aromatic N) is 1. The SMILES string of the molecule is CC(C)N1CCC(C)(C)C[C@H]1c1ccccc1. The molecule has 0 saturated carbocycles. The molecule has 1 aromatic rings. The molecule has 0 spiro atoms. The molecule has 1 aromatic carbocycles. The largest absolute Gasteiger partial charge is 0.294 e. The zero-order valence-electron chi connectivity index (χ0n) is 11.6. The van der Waals surface area contributed by atoms with Gasteiger partial charge < -0.3 is 0 Å². The van der Waals surface area contributed by atoms with Gasteiger partial charge in [0.1, 0.15) is 0 Å². The first-order valence-electron chi connectivity index (χ1n) is 6.80. The maximum Gasteiger partial charge on any atom is 0.0355 e. The van der Waals surface area contributed by atoms with Crippen LogP contribution in [-0.4, -0.2) is 17.5 Å². The van der Waals surface area contributed by atoms with E-state index in [1.165, 1.54) is 24.9 Å². The topological polar surface area (TPSA) is 3.24 Å². The van der Waals surface area contributed by atoms with Crippen LogP contribution in [0.3, 0.4) is 0 Å². The van der Waals surface area contributed by atoms with Crippen LogP contribution in [0.4, 0.5) is 0 Å². The summed E-state index contributed by atoms with van der Waals surface area (Å²) in [6.07, 6.45) is 2.59. The van der Waals surface area contributed by atoms with Gasteiger partial charge in [-0.05, 0) is 44.2 Å². The average molecular weight is 231 g/mol. The lowest BCUT2D eigenvalue weighted by molar-refractivity contribution is 0.0459. The minimum Gasteiger partial charge on any atom is -0.294 e. The number of piperidine rings is 1. The zero-order valence-corrected chi connectivity index (χ0v) is 11.6. The monoisotopic (exact) mass is 231 g/mol.